The highest BCUT2D eigenvalue weighted by Gasteiger charge is 2.27. The molecule has 5 heteroatoms. The summed E-state index contributed by atoms with van der Waals surface area (Å²) in [5.74, 6) is -0.867. The number of hydrogen-bond donors (Lipinski definition) is 1. The van der Waals surface area contributed by atoms with Crippen LogP contribution in [0.3, 0.4) is 0 Å². The van der Waals surface area contributed by atoms with E-state index in [4.69, 9.17) is 5.11 Å². The number of benzene rings is 1. The summed E-state index contributed by atoms with van der Waals surface area (Å²) in [6, 6.07) is 4.81. The number of aromatic carboxylic acids is 1. The molecule has 16 heavy (non-hydrogen) atoms. The average molecular weight is 284 g/mol. The Kier molecular flexibility index (Phi) is 2.96. The number of rotatable bonds is 3. The molecule has 1 saturated heterocycles. The lowest BCUT2D eigenvalue weighted by Gasteiger charge is -2.32. The topological polar surface area (TPSA) is 57.6 Å². The second-order valence-corrected chi connectivity index (χ2v) is 4.14. The van der Waals surface area contributed by atoms with Crippen molar-refractivity contribution in [2.75, 3.05) is 11.4 Å². The van der Waals surface area contributed by atoms with Crippen molar-refractivity contribution < 1.29 is 14.7 Å². The van der Waals surface area contributed by atoms with Crippen LogP contribution in [0.15, 0.2) is 18.2 Å². The lowest BCUT2D eigenvalue weighted by molar-refractivity contribution is -0.122. The van der Waals surface area contributed by atoms with Crippen LogP contribution in [-0.2, 0) is 10.1 Å². The number of carbonyl (C=O) groups is 2. The van der Waals surface area contributed by atoms with Crippen LogP contribution in [0.2, 0.25) is 0 Å². The summed E-state index contributed by atoms with van der Waals surface area (Å²) in [5, 5.41) is 9.40. The SMILES string of the molecule is O=C(O)c1ccc(N2CCC2=O)c(CBr)c1. The minimum atomic E-state index is -0.955. The molecule has 1 aliphatic rings. The van der Waals surface area contributed by atoms with E-state index >= 15 is 0 Å². The molecule has 2 rings (SSSR count). The Morgan fingerprint density at radius 1 is 1.50 bits per heavy atom. The molecule has 0 atom stereocenters. The van der Waals surface area contributed by atoms with Gasteiger partial charge in [-0.05, 0) is 23.8 Å². The highest BCUT2D eigenvalue weighted by molar-refractivity contribution is 9.08. The molecular formula is C11H10BrNO3. The number of anilines is 1. The van der Waals surface area contributed by atoms with Crippen LogP contribution in [-0.4, -0.2) is 23.5 Å². The maximum absolute atomic E-state index is 11.3. The average Bonchev–Trinajstić information content (AvgIpc) is 2.27. The summed E-state index contributed by atoms with van der Waals surface area (Å²) in [7, 11) is 0. The van der Waals surface area contributed by atoms with Gasteiger partial charge in [-0.3, -0.25) is 4.79 Å². The van der Waals surface area contributed by atoms with Crippen molar-refractivity contribution >= 4 is 33.5 Å². The van der Waals surface area contributed by atoms with Gasteiger partial charge in [0.2, 0.25) is 5.91 Å². The summed E-state index contributed by atoms with van der Waals surface area (Å²) >= 11 is 3.30. The first kappa shape index (κ1) is 11.1. The van der Waals surface area contributed by atoms with Gasteiger partial charge in [-0.25, -0.2) is 4.79 Å². The van der Waals surface area contributed by atoms with E-state index < -0.39 is 5.97 Å². The minimum Gasteiger partial charge on any atom is -0.478 e. The smallest absolute Gasteiger partial charge is 0.335 e. The summed E-state index contributed by atoms with van der Waals surface area (Å²) in [5.41, 5.74) is 1.87. The first-order valence-electron chi connectivity index (χ1n) is 4.86. The number of alkyl halides is 1. The molecule has 0 unspecified atom stereocenters. The Morgan fingerprint density at radius 3 is 2.69 bits per heavy atom. The van der Waals surface area contributed by atoms with Crippen molar-refractivity contribution in [3.8, 4) is 0 Å². The van der Waals surface area contributed by atoms with Gasteiger partial charge in [-0.1, -0.05) is 15.9 Å². The van der Waals surface area contributed by atoms with E-state index in [1.54, 1.807) is 17.0 Å². The minimum absolute atomic E-state index is 0.0882. The quantitative estimate of drug-likeness (QED) is 0.682. The van der Waals surface area contributed by atoms with E-state index in [1.165, 1.54) is 6.07 Å². The normalized spacial score (nSPS) is 14.8. The van der Waals surface area contributed by atoms with E-state index in [0.717, 1.165) is 11.3 Å². The van der Waals surface area contributed by atoms with Gasteiger partial charge < -0.3 is 10.0 Å². The molecule has 1 amide bonds. The number of hydrogen-bond acceptors (Lipinski definition) is 2. The molecule has 0 bridgehead atoms. The number of carbonyl (C=O) groups excluding carboxylic acids is 1. The second kappa shape index (κ2) is 4.25. The highest BCUT2D eigenvalue weighted by atomic mass is 79.9. The Balaban J connectivity index is 2.38. The molecule has 84 valence electrons. The zero-order chi connectivity index (χ0) is 11.7. The van der Waals surface area contributed by atoms with Gasteiger partial charge in [0, 0.05) is 24.0 Å². The molecule has 0 aliphatic carbocycles. The number of amides is 1. The predicted octanol–water partition coefficient (Wildman–Crippen LogP) is 2.02. The summed E-state index contributed by atoms with van der Waals surface area (Å²) < 4.78 is 0. The van der Waals surface area contributed by atoms with Crippen LogP contribution in [0, 0.1) is 0 Å². The molecule has 0 spiro atoms. The largest absolute Gasteiger partial charge is 0.478 e. The second-order valence-electron chi connectivity index (χ2n) is 3.58. The lowest BCUT2D eigenvalue weighted by atomic mass is 10.1. The first-order valence-corrected chi connectivity index (χ1v) is 5.98. The van der Waals surface area contributed by atoms with Crippen LogP contribution in [0.5, 0.6) is 0 Å². The molecule has 4 nitrogen and oxygen atoms in total. The molecule has 0 saturated carbocycles. The molecule has 1 N–H and O–H groups in total. The van der Waals surface area contributed by atoms with Gasteiger partial charge in [0.05, 0.1) is 5.56 Å². The van der Waals surface area contributed by atoms with Crippen LogP contribution < -0.4 is 4.90 Å². The molecule has 1 heterocycles. The van der Waals surface area contributed by atoms with Gasteiger partial charge in [0.25, 0.3) is 0 Å². The number of β-lactam (4-membered cyclic amide) rings is 1. The third-order valence-corrected chi connectivity index (χ3v) is 3.22. The van der Waals surface area contributed by atoms with E-state index in [0.29, 0.717) is 18.3 Å². The summed E-state index contributed by atoms with van der Waals surface area (Å²) in [6.45, 7) is 0.714. The van der Waals surface area contributed by atoms with Crippen molar-refractivity contribution in [1.82, 2.24) is 0 Å². The highest BCUT2D eigenvalue weighted by Crippen LogP contribution is 2.28. The molecular weight excluding hydrogens is 274 g/mol. The standard InChI is InChI=1S/C11H10BrNO3/c12-6-8-5-7(11(15)16)1-2-9(8)13-4-3-10(13)14/h1-2,5H,3-4,6H2,(H,15,16). The van der Waals surface area contributed by atoms with Gasteiger partial charge in [-0.2, -0.15) is 0 Å². The number of carboxylic acid groups (broad SMARTS) is 1. The number of nitrogens with zero attached hydrogens (tertiary/aromatic N) is 1. The molecule has 0 radical (unpaired) electrons. The van der Waals surface area contributed by atoms with E-state index in [2.05, 4.69) is 15.9 Å². The molecule has 1 aromatic rings. The fraction of sp³-hybridized carbons (Fsp3) is 0.273. The molecule has 1 aromatic carbocycles. The zero-order valence-corrected chi connectivity index (χ0v) is 10.0. The van der Waals surface area contributed by atoms with Crippen LogP contribution in [0.25, 0.3) is 0 Å². The fourth-order valence-corrected chi connectivity index (χ4v) is 2.11. The summed E-state index contributed by atoms with van der Waals surface area (Å²) in [6.07, 6.45) is 0.572. The van der Waals surface area contributed by atoms with E-state index in [9.17, 15) is 9.59 Å². The Hall–Kier alpha value is -1.36. The maximum atomic E-state index is 11.3. The van der Waals surface area contributed by atoms with Crippen molar-refractivity contribution in [2.24, 2.45) is 0 Å². The van der Waals surface area contributed by atoms with Crippen molar-refractivity contribution in [3.05, 3.63) is 29.3 Å². The molecule has 1 fully saturated rings. The number of carboxylic acids is 1. The van der Waals surface area contributed by atoms with Gasteiger partial charge in [0.15, 0.2) is 0 Å². The fourth-order valence-electron chi connectivity index (χ4n) is 1.66. The predicted molar refractivity (Wildman–Crippen MR) is 63.0 cm³/mol. The molecule has 0 aromatic heterocycles. The Labute approximate surface area is 101 Å². The van der Waals surface area contributed by atoms with Gasteiger partial charge in [-0.15, -0.1) is 0 Å². The summed E-state index contributed by atoms with van der Waals surface area (Å²) in [4.78, 5) is 23.8. The van der Waals surface area contributed by atoms with E-state index in [1.807, 2.05) is 0 Å². The first-order chi connectivity index (χ1) is 7.63. The third-order valence-electron chi connectivity index (χ3n) is 2.61. The van der Waals surface area contributed by atoms with Crippen molar-refractivity contribution in [1.29, 1.82) is 0 Å². The maximum Gasteiger partial charge on any atom is 0.335 e. The zero-order valence-electron chi connectivity index (χ0n) is 8.44. The van der Waals surface area contributed by atoms with E-state index in [-0.39, 0.29) is 11.5 Å². The lowest BCUT2D eigenvalue weighted by Crippen LogP contribution is -2.43. The van der Waals surface area contributed by atoms with Gasteiger partial charge in [0.1, 0.15) is 0 Å². The van der Waals surface area contributed by atoms with Gasteiger partial charge >= 0.3 is 5.97 Å². The third kappa shape index (κ3) is 1.82. The monoisotopic (exact) mass is 283 g/mol. The van der Waals surface area contributed by atoms with Crippen LogP contribution >= 0.6 is 15.9 Å². The van der Waals surface area contributed by atoms with Crippen LogP contribution in [0.4, 0.5) is 5.69 Å². The van der Waals surface area contributed by atoms with Crippen molar-refractivity contribution in [3.63, 3.8) is 0 Å². The number of halogens is 1. The Morgan fingerprint density at radius 2 is 2.25 bits per heavy atom. The van der Waals surface area contributed by atoms with Crippen LogP contribution in [0.1, 0.15) is 22.3 Å². The molecule has 1 aliphatic heterocycles. The Bertz CT molecular complexity index is 459. The van der Waals surface area contributed by atoms with Crippen molar-refractivity contribution in [2.45, 2.75) is 11.8 Å².